The molecule has 1 fully saturated rings. The highest BCUT2D eigenvalue weighted by molar-refractivity contribution is 9.10. The number of Topliss-reactive ketones (excluding diaryl/α,β-unsaturated/α-hetero) is 1. The highest BCUT2D eigenvalue weighted by Crippen LogP contribution is 2.26. The van der Waals surface area contributed by atoms with Crippen molar-refractivity contribution in [3.05, 3.63) is 64.9 Å². The average molecular weight is 578 g/mol. The number of aromatic nitrogens is 5. The Morgan fingerprint density at radius 3 is 2.55 bits per heavy atom. The predicted molar refractivity (Wildman–Crippen MR) is 148 cm³/mol. The van der Waals surface area contributed by atoms with Crippen LogP contribution in [0.4, 0.5) is 5.82 Å². The minimum Gasteiger partial charge on any atom is -0.309 e. The fraction of sp³-hybridized carbons (Fsp3) is 0.296. The lowest BCUT2D eigenvalue weighted by atomic mass is 10.0. The predicted octanol–water partition coefficient (Wildman–Crippen LogP) is 4.08. The molecule has 5 rings (SSSR count). The molecule has 0 aliphatic carbocycles. The minimum atomic E-state index is -0.132. The van der Waals surface area contributed by atoms with Gasteiger partial charge in [-0.15, -0.1) is 0 Å². The van der Waals surface area contributed by atoms with E-state index in [0.717, 1.165) is 52.3 Å². The Hall–Kier alpha value is -3.83. The Bertz CT molecular complexity index is 1470. The van der Waals surface area contributed by atoms with E-state index in [0.29, 0.717) is 17.3 Å². The number of aldehydes is 1. The first-order valence-corrected chi connectivity index (χ1v) is 12.9. The van der Waals surface area contributed by atoms with E-state index in [2.05, 4.69) is 46.2 Å². The monoisotopic (exact) mass is 577 g/mol. The number of likely N-dealkylation sites (N-methyl/N-ethyl adjacent to an activating group) is 1. The Morgan fingerprint density at radius 2 is 1.92 bits per heavy atom. The third-order valence-electron chi connectivity index (χ3n) is 6.24. The third kappa shape index (κ3) is 6.35. The van der Waals surface area contributed by atoms with Gasteiger partial charge in [-0.05, 0) is 79.1 Å². The number of halogens is 1. The zero-order valence-corrected chi connectivity index (χ0v) is 23.0. The van der Waals surface area contributed by atoms with Crippen molar-refractivity contribution in [2.45, 2.75) is 39.3 Å². The first-order chi connectivity index (χ1) is 18.3. The molecule has 0 radical (unpaired) electrons. The maximum absolute atomic E-state index is 11.9. The van der Waals surface area contributed by atoms with E-state index in [1.165, 1.54) is 11.6 Å². The van der Waals surface area contributed by atoms with Crippen molar-refractivity contribution in [2.75, 3.05) is 18.9 Å². The van der Waals surface area contributed by atoms with Crippen LogP contribution in [0.1, 0.15) is 36.1 Å². The maximum atomic E-state index is 11.9. The highest BCUT2D eigenvalue weighted by Gasteiger charge is 2.27. The Kier molecular flexibility index (Phi) is 8.70. The standard InChI is InChI=1S/C16H14N4O2.C11H14BrN3O/c1-10(22)16-14-7-12(13-8-17-11(2)18-9-13)3-4-15(14)20(19-16)5-6-21;1-15-7-3-4-8(15)11(16)14-10-6-2-5-9(12)13-10/h3-4,6-9H,5H2,1-2H3;2,5-6,8H,3-4,7H2,1H3,(H,13,14,16). The summed E-state index contributed by atoms with van der Waals surface area (Å²) in [7, 11) is 1.98. The van der Waals surface area contributed by atoms with Gasteiger partial charge in [0.1, 0.15) is 28.2 Å². The molecule has 11 heteroatoms. The Labute approximate surface area is 228 Å². The van der Waals surface area contributed by atoms with Crippen LogP contribution in [-0.4, -0.2) is 67.2 Å². The molecule has 1 atom stereocenters. The molecule has 1 saturated heterocycles. The van der Waals surface area contributed by atoms with Crippen molar-refractivity contribution in [2.24, 2.45) is 0 Å². The van der Waals surface area contributed by atoms with Gasteiger partial charge in [0, 0.05) is 30.3 Å². The van der Waals surface area contributed by atoms with E-state index in [9.17, 15) is 14.4 Å². The van der Waals surface area contributed by atoms with E-state index in [4.69, 9.17) is 0 Å². The number of aryl methyl sites for hydroxylation is 1. The second-order valence-corrected chi connectivity index (χ2v) is 9.79. The average Bonchev–Trinajstić information content (AvgIpc) is 3.48. The van der Waals surface area contributed by atoms with Gasteiger partial charge in [-0.3, -0.25) is 19.2 Å². The molecule has 1 unspecified atom stereocenters. The number of carbonyl (C=O) groups excluding carboxylic acids is 3. The number of anilines is 1. The molecule has 1 N–H and O–H groups in total. The summed E-state index contributed by atoms with van der Waals surface area (Å²) >= 11 is 3.27. The molecule has 0 bridgehead atoms. The smallest absolute Gasteiger partial charge is 0.242 e. The maximum Gasteiger partial charge on any atom is 0.242 e. The van der Waals surface area contributed by atoms with E-state index >= 15 is 0 Å². The molecule has 0 saturated carbocycles. The van der Waals surface area contributed by atoms with Gasteiger partial charge in [0.15, 0.2) is 5.78 Å². The van der Waals surface area contributed by atoms with E-state index in [1.807, 2.05) is 44.3 Å². The lowest BCUT2D eigenvalue weighted by Crippen LogP contribution is -2.37. The lowest BCUT2D eigenvalue weighted by molar-refractivity contribution is -0.120. The molecule has 3 aromatic heterocycles. The number of hydrogen-bond donors (Lipinski definition) is 1. The summed E-state index contributed by atoms with van der Waals surface area (Å²) < 4.78 is 2.26. The summed E-state index contributed by atoms with van der Waals surface area (Å²) in [5.41, 5.74) is 2.90. The quantitative estimate of drug-likeness (QED) is 0.206. The van der Waals surface area contributed by atoms with Gasteiger partial charge in [0.25, 0.3) is 0 Å². The molecule has 4 heterocycles. The third-order valence-corrected chi connectivity index (χ3v) is 6.68. The zero-order valence-electron chi connectivity index (χ0n) is 21.4. The first-order valence-electron chi connectivity index (χ1n) is 12.1. The number of fused-ring (bicyclic) bond motifs is 1. The molecule has 38 heavy (non-hydrogen) atoms. The van der Waals surface area contributed by atoms with Crippen molar-refractivity contribution in [3.8, 4) is 11.1 Å². The van der Waals surface area contributed by atoms with Crippen molar-refractivity contribution in [1.82, 2.24) is 29.6 Å². The highest BCUT2D eigenvalue weighted by atomic mass is 79.9. The molecule has 1 aliphatic heterocycles. The molecule has 10 nitrogen and oxygen atoms in total. The molecule has 4 aromatic rings. The molecular weight excluding hydrogens is 550 g/mol. The fourth-order valence-corrected chi connectivity index (χ4v) is 4.64. The number of amides is 1. The summed E-state index contributed by atoms with van der Waals surface area (Å²) in [6.07, 6.45) is 6.26. The van der Waals surface area contributed by atoms with Crippen molar-refractivity contribution in [1.29, 1.82) is 0 Å². The fourth-order valence-electron chi connectivity index (χ4n) is 4.30. The number of nitrogens with one attached hydrogen (secondary N) is 1. The second kappa shape index (κ2) is 12.1. The SMILES string of the molecule is CC(=O)c1nn(CC=O)c2ccc(-c3cnc(C)nc3)cc12.CN1CCCC1C(=O)Nc1cccc(Br)n1. The van der Waals surface area contributed by atoms with Gasteiger partial charge in [0.05, 0.1) is 18.1 Å². The Morgan fingerprint density at radius 1 is 1.16 bits per heavy atom. The first kappa shape index (κ1) is 27.2. The van der Waals surface area contributed by atoms with Crippen LogP contribution in [0, 0.1) is 6.92 Å². The zero-order chi connectivity index (χ0) is 27.2. The largest absolute Gasteiger partial charge is 0.309 e. The van der Waals surface area contributed by atoms with Crippen LogP contribution in [0.5, 0.6) is 0 Å². The summed E-state index contributed by atoms with van der Waals surface area (Å²) in [5.74, 6) is 1.20. The van der Waals surface area contributed by atoms with E-state index < -0.39 is 0 Å². The van der Waals surface area contributed by atoms with Crippen LogP contribution in [0.25, 0.3) is 22.0 Å². The molecule has 1 amide bonds. The van der Waals surface area contributed by atoms with Crippen molar-refractivity contribution in [3.63, 3.8) is 0 Å². The Balaban J connectivity index is 0.000000186. The molecular formula is C27H28BrN7O3. The summed E-state index contributed by atoms with van der Waals surface area (Å²) in [6.45, 7) is 4.40. The number of likely N-dealkylation sites (tertiary alicyclic amines) is 1. The van der Waals surface area contributed by atoms with Crippen LogP contribution in [0.15, 0.2) is 53.4 Å². The molecule has 1 aromatic carbocycles. The summed E-state index contributed by atoms with van der Waals surface area (Å²) in [6, 6.07) is 11.1. The number of nitrogens with zero attached hydrogens (tertiary/aromatic N) is 6. The van der Waals surface area contributed by atoms with E-state index in [1.54, 1.807) is 18.5 Å². The summed E-state index contributed by atoms with van der Waals surface area (Å²) in [5, 5.41) is 7.79. The minimum absolute atomic E-state index is 0.0132. The van der Waals surface area contributed by atoms with Crippen molar-refractivity contribution < 1.29 is 14.4 Å². The van der Waals surface area contributed by atoms with Crippen LogP contribution >= 0.6 is 15.9 Å². The number of carbonyl (C=O) groups is 3. The van der Waals surface area contributed by atoms with Crippen LogP contribution in [-0.2, 0) is 16.1 Å². The van der Waals surface area contributed by atoms with Crippen molar-refractivity contribution >= 4 is 50.6 Å². The van der Waals surface area contributed by atoms with Gasteiger partial charge >= 0.3 is 0 Å². The van der Waals surface area contributed by atoms with Gasteiger partial charge in [-0.1, -0.05) is 12.1 Å². The number of pyridine rings is 1. The van der Waals surface area contributed by atoms with Gasteiger partial charge in [0.2, 0.25) is 5.91 Å². The normalized spacial score (nSPS) is 15.1. The summed E-state index contributed by atoms with van der Waals surface area (Å²) in [4.78, 5) is 49.1. The number of ketones is 1. The van der Waals surface area contributed by atoms with Gasteiger partial charge in [-0.25, -0.2) is 15.0 Å². The lowest BCUT2D eigenvalue weighted by Gasteiger charge is -2.18. The van der Waals surface area contributed by atoms with Crippen LogP contribution in [0.3, 0.4) is 0 Å². The van der Waals surface area contributed by atoms with Crippen LogP contribution < -0.4 is 5.32 Å². The van der Waals surface area contributed by atoms with Crippen LogP contribution in [0.2, 0.25) is 0 Å². The van der Waals surface area contributed by atoms with E-state index in [-0.39, 0.29) is 24.3 Å². The molecule has 1 aliphatic rings. The van der Waals surface area contributed by atoms with Gasteiger partial charge in [-0.2, -0.15) is 5.10 Å². The number of hydrogen-bond acceptors (Lipinski definition) is 8. The number of benzene rings is 1. The topological polar surface area (TPSA) is 123 Å². The number of rotatable bonds is 6. The second-order valence-electron chi connectivity index (χ2n) is 8.98. The molecule has 0 spiro atoms. The molecule has 196 valence electrons. The van der Waals surface area contributed by atoms with Gasteiger partial charge < -0.3 is 10.1 Å².